The van der Waals surface area contributed by atoms with Gasteiger partial charge in [0.1, 0.15) is 32.0 Å². The number of rotatable bonds is 16. The fourth-order valence-corrected chi connectivity index (χ4v) is 7.35. The van der Waals surface area contributed by atoms with Crippen LogP contribution < -0.4 is 22.1 Å². The van der Waals surface area contributed by atoms with Crippen molar-refractivity contribution in [1.82, 2.24) is 29.4 Å². The van der Waals surface area contributed by atoms with E-state index in [1.165, 1.54) is 37.4 Å². The van der Waals surface area contributed by atoms with Gasteiger partial charge in [-0.15, -0.1) is 0 Å². The van der Waals surface area contributed by atoms with Gasteiger partial charge in [-0.05, 0) is 61.9 Å². The Kier molecular flexibility index (Phi) is 17.9. The van der Waals surface area contributed by atoms with Crippen molar-refractivity contribution in [3.63, 3.8) is 0 Å². The van der Waals surface area contributed by atoms with Crippen LogP contribution in [0.4, 0.5) is 20.2 Å². The van der Waals surface area contributed by atoms with Crippen molar-refractivity contribution >= 4 is 74.7 Å². The van der Waals surface area contributed by atoms with Gasteiger partial charge >= 0.3 is 0 Å². The van der Waals surface area contributed by atoms with Crippen LogP contribution in [0.1, 0.15) is 66.1 Å². The van der Waals surface area contributed by atoms with Gasteiger partial charge in [0, 0.05) is 50.3 Å². The van der Waals surface area contributed by atoms with E-state index < -0.39 is 35.3 Å². The number of aromatic nitrogens is 4. The SMILES string of the molecule is C=Cc1cccc(NC(=O)CN(C(=O)Cn2nc(C(N)=O)c3ccccc32)C2CC2)c1F.CCc1cccc(NC(=O)CN(C(=O)Cn2nc(C(N)=O)c3ccccc32)C2CC2)c1F.O.O.[HH].[Pd]. The maximum absolute atomic E-state index is 14.5. The van der Waals surface area contributed by atoms with Gasteiger partial charge < -0.3 is 42.9 Å². The molecule has 2 aromatic heterocycles. The number of para-hydroxylation sites is 2. The molecule has 10 N–H and O–H groups in total. The van der Waals surface area contributed by atoms with Crippen molar-refractivity contribution in [1.29, 1.82) is 0 Å². The largest absolute Gasteiger partial charge is 0.412 e. The first-order valence-corrected chi connectivity index (χ1v) is 20.7. The van der Waals surface area contributed by atoms with E-state index >= 15 is 0 Å². The summed E-state index contributed by atoms with van der Waals surface area (Å²) in [6, 6.07) is 23.3. The molecule has 6 amide bonds. The number of carbonyl (C=O) groups is 6. The van der Waals surface area contributed by atoms with E-state index in [9.17, 15) is 37.5 Å². The molecule has 2 fully saturated rings. The predicted octanol–water partition coefficient (Wildman–Crippen LogP) is 3.61. The summed E-state index contributed by atoms with van der Waals surface area (Å²) >= 11 is 0. The van der Waals surface area contributed by atoms with E-state index in [1.54, 1.807) is 72.8 Å². The molecular formula is C46H52F2N10O8Pd. The van der Waals surface area contributed by atoms with Crippen LogP contribution in [0.2, 0.25) is 0 Å². The van der Waals surface area contributed by atoms with E-state index in [4.69, 9.17) is 11.5 Å². The molecule has 0 spiro atoms. The van der Waals surface area contributed by atoms with Crippen LogP contribution in [0.25, 0.3) is 27.9 Å². The molecule has 2 saturated carbocycles. The van der Waals surface area contributed by atoms with E-state index in [2.05, 4.69) is 27.4 Å². The Morgan fingerprint density at radius 1 is 0.687 bits per heavy atom. The second-order valence-electron chi connectivity index (χ2n) is 15.4. The fraction of sp³-hybridized carbons (Fsp3) is 0.261. The van der Waals surface area contributed by atoms with Crippen molar-refractivity contribution in [3.8, 4) is 0 Å². The van der Waals surface area contributed by atoms with Crippen molar-refractivity contribution in [3.05, 3.63) is 126 Å². The monoisotopic (exact) mass is 1020 g/mol. The van der Waals surface area contributed by atoms with Crippen molar-refractivity contribution in [2.75, 3.05) is 23.7 Å². The quantitative estimate of drug-likeness (QED) is 0.104. The number of primary amides is 2. The smallest absolute Gasteiger partial charge is 0.269 e. The Bertz CT molecular complexity index is 2830. The first-order chi connectivity index (χ1) is 30.8. The van der Waals surface area contributed by atoms with Crippen LogP contribution in [-0.4, -0.2) is 101 Å². The van der Waals surface area contributed by atoms with Crippen LogP contribution in [0, 0.1) is 11.6 Å². The Labute approximate surface area is 398 Å². The van der Waals surface area contributed by atoms with Crippen LogP contribution in [0.15, 0.2) is 91.5 Å². The van der Waals surface area contributed by atoms with Crippen LogP contribution >= 0.6 is 0 Å². The third kappa shape index (κ3) is 12.2. The zero-order valence-corrected chi connectivity index (χ0v) is 37.8. The first-order valence-electron chi connectivity index (χ1n) is 20.7. The number of halogens is 2. The summed E-state index contributed by atoms with van der Waals surface area (Å²) in [5.41, 5.74) is 13.1. The zero-order chi connectivity index (χ0) is 45.7. The molecule has 358 valence electrons. The zero-order valence-electron chi connectivity index (χ0n) is 36.2. The van der Waals surface area contributed by atoms with Gasteiger partial charge in [-0.3, -0.25) is 38.1 Å². The number of hydrogen-bond donors (Lipinski definition) is 4. The number of hydrogen-bond acceptors (Lipinski definition) is 8. The Morgan fingerprint density at radius 3 is 1.51 bits per heavy atom. The van der Waals surface area contributed by atoms with Gasteiger partial charge in [0.05, 0.1) is 22.4 Å². The van der Waals surface area contributed by atoms with E-state index in [0.717, 1.165) is 25.7 Å². The van der Waals surface area contributed by atoms with Gasteiger partial charge in [0.15, 0.2) is 17.2 Å². The molecule has 21 heteroatoms. The summed E-state index contributed by atoms with van der Waals surface area (Å²) in [6.45, 7) is 4.67. The third-order valence-electron chi connectivity index (χ3n) is 10.9. The summed E-state index contributed by atoms with van der Waals surface area (Å²) in [7, 11) is 0. The average Bonchev–Trinajstić information content (AvgIpc) is 4.23. The number of benzene rings is 4. The minimum Gasteiger partial charge on any atom is -0.412 e. The number of anilines is 2. The maximum atomic E-state index is 14.5. The topological polar surface area (TPSA) is 284 Å². The summed E-state index contributed by atoms with van der Waals surface area (Å²) in [5.74, 6) is -4.02. The molecule has 8 rings (SSSR count). The summed E-state index contributed by atoms with van der Waals surface area (Å²) in [4.78, 5) is 77.7. The molecule has 18 nitrogen and oxygen atoms in total. The third-order valence-corrected chi connectivity index (χ3v) is 10.9. The minimum absolute atomic E-state index is 0. The molecule has 0 atom stereocenters. The summed E-state index contributed by atoms with van der Waals surface area (Å²) < 4.78 is 31.7. The molecule has 0 unspecified atom stereocenters. The average molecular weight is 1020 g/mol. The van der Waals surface area contributed by atoms with Crippen LogP contribution in [-0.2, 0) is 59.1 Å². The van der Waals surface area contributed by atoms with Gasteiger partial charge in [0.25, 0.3) is 11.8 Å². The van der Waals surface area contributed by atoms with E-state index in [1.807, 2.05) is 6.92 Å². The number of nitrogens with one attached hydrogen (secondary N) is 2. The molecule has 6 aromatic rings. The number of fused-ring (bicyclic) bond motifs is 2. The fourth-order valence-electron chi connectivity index (χ4n) is 7.35. The Hall–Kier alpha value is -7.18. The minimum atomic E-state index is -0.686. The molecule has 0 bridgehead atoms. The maximum Gasteiger partial charge on any atom is 0.269 e. The molecule has 2 aliphatic carbocycles. The van der Waals surface area contributed by atoms with Crippen molar-refractivity contribution < 1.29 is 70.3 Å². The second kappa shape index (κ2) is 22.8. The van der Waals surface area contributed by atoms with Gasteiger partial charge in [0.2, 0.25) is 23.6 Å². The number of carbonyl (C=O) groups excluding carboxylic acids is 6. The Morgan fingerprint density at radius 2 is 1.10 bits per heavy atom. The molecule has 0 saturated heterocycles. The molecule has 0 aliphatic heterocycles. The molecule has 2 heterocycles. The predicted molar refractivity (Wildman–Crippen MR) is 245 cm³/mol. The molecule has 67 heavy (non-hydrogen) atoms. The number of amides is 6. The van der Waals surface area contributed by atoms with Crippen molar-refractivity contribution in [2.24, 2.45) is 11.5 Å². The van der Waals surface area contributed by atoms with Gasteiger partial charge in [-0.1, -0.05) is 80.2 Å². The van der Waals surface area contributed by atoms with Crippen LogP contribution in [0.3, 0.4) is 0 Å². The Balaban J connectivity index is 0.000000340. The van der Waals surface area contributed by atoms with Crippen LogP contribution in [0.5, 0.6) is 0 Å². The van der Waals surface area contributed by atoms with E-state index in [0.29, 0.717) is 33.8 Å². The molecule has 0 radical (unpaired) electrons. The van der Waals surface area contributed by atoms with Crippen molar-refractivity contribution in [2.45, 2.75) is 64.2 Å². The summed E-state index contributed by atoms with van der Waals surface area (Å²) in [5, 5.41) is 14.6. The normalized spacial score (nSPS) is 12.5. The summed E-state index contributed by atoms with van der Waals surface area (Å²) in [6.07, 6.45) is 5.03. The second-order valence-corrected chi connectivity index (χ2v) is 15.4. The number of aryl methyl sites for hydroxylation is 1. The van der Waals surface area contributed by atoms with Gasteiger partial charge in [-0.2, -0.15) is 10.2 Å². The van der Waals surface area contributed by atoms with Gasteiger partial charge in [-0.25, -0.2) is 8.78 Å². The molecule has 4 aromatic carbocycles. The first kappa shape index (κ1) is 52.4. The standard InChI is InChI=1S/C23H24FN5O3.C23H22FN5O3.2H2O.Pd.H2/c2*1-2-14-6-5-8-17(21(14)24)26-19(30)12-28(15-10-11-15)20(31)13-29-18-9-4-3-7-16(18)22(27-29)23(25)32;;;;/h3-9,15H,2,10-13H2,1H3,(H2,25,32)(H,26,30);2-9,15H,1,10-13H2,(H2,25,32)(H,26,30);2*1H2;;1H. The molecular weight excluding hydrogens is 965 g/mol. The number of nitrogens with two attached hydrogens (primary N) is 2. The van der Waals surface area contributed by atoms with E-state index in [-0.39, 0.29) is 111 Å². The number of nitrogens with zero attached hydrogens (tertiary/aromatic N) is 6. The molecule has 2 aliphatic rings.